The van der Waals surface area contributed by atoms with Crippen LogP contribution in [0.5, 0.6) is 0 Å². The van der Waals surface area contributed by atoms with E-state index in [1.54, 1.807) is 0 Å². The number of alkyl carbamates (subject to hydrolysis) is 1. The highest BCUT2D eigenvalue weighted by Gasteiger charge is 2.50. The molecule has 3 rings (SSSR count). The van der Waals surface area contributed by atoms with Crippen molar-refractivity contribution in [3.05, 3.63) is 10.3 Å². The van der Waals surface area contributed by atoms with Crippen molar-refractivity contribution in [3.63, 3.8) is 0 Å². The summed E-state index contributed by atoms with van der Waals surface area (Å²) >= 11 is 5.13. The summed E-state index contributed by atoms with van der Waals surface area (Å²) in [5, 5.41) is 3.03. The topological polar surface area (TPSA) is 123 Å². The molecule has 30 heavy (non-hydrogen) atoms. The maximum Gasteiger partial charge on any atom is 0.407 e. The number of nitrogens with two attached hydrogens (primary N) is 1. The molecule has 0 unspecified atom stereocenters. The van der Waals surface area contributed by atoms with E-state index in [1.807, 2.05) is 32.6 Å². The zero-order valence-corrected chi connectivity index (χ0v) is 19.0. The lowest BCUT2D eigenvalue weighted by Gasteiger charge is -2.43. The summed E-state index contributed by atoms with van der Waals surface area (Å²) in [5.74, 6) is 0.575. The summed E-state index contributed by atoms with van der Waals surface area (Å²) in [6, 6.07) is -0.151. The van der Waals surface area contributed by atoms with Crippen LogP contribution < -0.4 is 16.0 Å². The molecule has 1 aromatic rings. The minimum atomic E-state index is -0.564. The average Bonchev–Trinajstić information content (AvgIpc) is 2.92. The van der Waals surface area contributed by atoms with Crippen LogP contribution in [0.1, 0.15) is 57.9 Å². The third-order valence-corrected chi connectivity index (χ3v) is 6.08. The minimum absolute atomic E-state index is 0.113. The van der Waals surface area contributed by atoms with Crippen LogP contribution in [0.15, 0.2) is 0 Å². The van der Waals surface area contributed by atoms with Gasteiger partial charge in [-0.25, -0.2) is 9.78 Å². The third kappa shape index (κ3) is 4.59. The Morgan fingerprint density at radius 3 is 2.57 bits per heavy atom. The zero-order valence-electron chi connectivity index (χ0n) is 18.2. The van der Waals surface area contributed by atoms with E-state index in [0.717, 1.165) is 12.8 Å². The van der Waals surface area contributed by atoms with E-state index in [2.05, 4.69) is 15.3 Å². The molecular formula is C20H31N5O4S. The first-order chi connectivity index (χ1) is 13.9. The predicted molar refractivity (Wildman–Crippen MR) is 116 cm³/mol. The van der Waals surface area contributed by atoms with Gasteiger partial charge in [-0.1, -0.05) is 12.2 Å². The summed E-state index contributed by atoms with van der Waals surface area (Å²) in [6.07, 6.45) is 0.993. The fourth-order valence-electron chi connectivity index (χ4n) is 4.23. The largest absolute Gasteiger partial charge is 0.444 e. The Hall–Kier alpha value is -2.20. The van der Waals surface area contributed by atoms with Crippen LogP contribution in [0, 0.1) is 10.1 Å². The first-order valence-electron chi connectivity index (χ1n) is 10.2. The highest BCUT2D eigenvalue weighted by molar-refractivity contribution is 7.71. The van der Waals surface area contributed by atoms with Crippen molar-refractivity contribution in [2.45, 2.75) is 65.2 Å². The van der Waals surface area contributed by atoms with Crippen molar-refractivity contribution in [2.24, 2.45) is 5.41 Å². The second-order valence-electron chi connectivity index (χ2n) is 9.20. The van der Waals surface area contributed by atoms with Gasteiger partial charge < -0.3 is 30.4 Å². The van der Waals surface area contributed by atoms with Gasteiger partial charge in [-0.05, 0) is 40.5 Å². The summed E-state index contributed by atoms with van der Waals surface area (Å²) in [6.45, 7) is 10.8. The van der Waals surface area contributed by atoms with Crippen LogP contribution in [0.2, 0.25) is 0 Å². The van der Waals surface area contributed by atoms with Crippen molar-refractivity contribution in [3.8, 4) is 0 Å². The van der Waals surface area contributed by atoms with Crippen molar-refractivity contribution >= 4 is 35.7 Å². The monoisotopic (exact) mass is 437 g/mol. The molecule has 1 amide bonds. The Kier molecular flexibility index (Phi) is 6.10. The smallest absolute Gasteiger partial charge is 0.407 e. The number of hydrogen-bond acceptors (Lipinski definition) is 8. The molecule has 2 atom stereocenters. The lowest BCUT2D eigenvalue weighted by Crippen LogP contribution is -2.55. The van der Waals surface area contributed by atoms with E-state index in [9.17, 15) is 9.59 Å². The zero-order chi connectivity index (χ0) is 22.3. The highest BCUT2D eigenvalue weighted by Crippen LogP contribution is 2.43. The first-order valence-corrected chi connectivity index (χ1v) is 10.6. The summed E-state index contributed by atoms with van der Waals surface area (Å²) in [7, 11) is 0. The molecule has 4 N–H and O–H groups in total. The van der Waals surface area contributed by atoms with Crippen LogP contribution >= 0.6 is 12.2 Å². The summed E-state index contributed by atoms with van der Waals surface area (Å²) < 4.78 is 11.6. The number of aromatic amines is 1. The lowest BCUT2D eigenvalue weighted by molar-refractivity contribution is 0.0434. The van der Waals surface area contributed by atoms with Gasteiger partial charge in [0.15, 0.2) is 17.4 Å². The SMILES string of the molecule is CC(=O)c1[nH]c(=S)c(N)nc1N1CCC2(CC1)CO[C@@H](C)[C@H]2NC(=O)OC(C)(C)C. The number of carbonyl (C=O) groups is 2. The Morgan fingerprint density at radius 1 is 1.37 bits per heavy atom. The number of H-pyrrole nitrogens is 1. The molecule has 2 fully saturated rings. The molecular weight excluding hydrogens is 406 g/mol. The molecule has 166 valence electrons. The highest BCUT2D eigenvalue weighted by atomic mass is 32.1. The van der Waals surface area contributed by atoms with Crippen LogP contribution in [-0.2, 0) is 9.47 Å². The van der Waals surface area contributed by atoms with E-state index < -0.39 is 11.7 Å². The lowest BCUT2D eigenvalue weighted by atomic mass is 9.73. The molecule has 2 saturated heterocycles. The van der Waals surface area contributed by atoms with Crippen LogP contribution in [-0.4, -0.2) is 59.3 Å². The second kappa shape index (κ2) is 8.14. The molecule has 0 saturated carbocycles. The van der Waals surface area contributed by atoms with Crippen LogP contribution in [0.3, 0.4) is 0 Å². The van der Waals surface area contributed by atoms with Crippen molar-refractivity contribution < 1.29 is 19.1 Å². The molecule has 3 heterocycles. The van der Waals surface area contributed by atoms with Crippen molar-refractivity contribution in [1.82, 2.24) is 15.3 Å². The predicted octanol–water partition coefficient (Wildman–Crippen LogP) is 2.82. The van der Waals surface area contributed by atoms with Gasteiger partial charge >= 0.3 is 6.09 Å². The fourth-order valence-corrected chi connectivity index (χ4v) is 4.38. The molecule has 0 bridgehead atoms. The number of nitrogens with one attached hydrogen (secondary N) is 2. The van der Waals surface area contributed by atoms with Gasteiger partial charge in [-0.3, -0.25) is 4.79 Å². The number of ether oxygens (including phenoxy) is 2. The molecule has 0 aromatic carbocycles. The molecule has 2 aliphatic heterocycles. The fraction of sp³-hybridized carbons (Fsp3) is 0.700. The number of nitrogens with zero attached hydrogens (tertiary/aromatic N) is 2. The average molecular weight is 438 g/mol. The summed E-state index contributed by atoms with van der Waals surface area (Å²) in [5.41, 5.74) is 5.49. The van der Waals surface area contributed by atoms with Gasteiger partial charge in [-0.2, -0.15) is 0 Å². The first kappa shape index (κ1) is 22.5. The molecule has 1 aromatic heterocycles. The maximum absolute atomic E-state index is 12.4. The molecule has 0 aliphatic carbocycles. The van der Waals surface area contributed by atoms with Crippen LogP contribution in [0.25, 0.3) is 0 Å². The number of hydrogen-bond donors (Lipinski definition) is 3. The van der Waals surface area contributed by atoms with E-state index in [1.165, 1.54) is 6.92 Å². The van der Waals surface area contributed by atoms with E-state index in [-0.39, 0.29) is 33.8 Å². The maximum atomic E-state index is 12.4. The number of Topliss-reactive ketones (excluding diaryl/α,β-unsaturated/α-hetero) is 1. The number of piperidine rings is 1. The molecule has 10 heteroatoms. The molecule has 2 aliphatic rings. The van der Waals surface area contributed by atoms with E-state index in [0.29, 0.717) is 31.2 Å². The Morgan fingerprint density at radius 2 is 2.00 bits per heavy atom. The molecule has 1 spiro atoms. The van der Waals surface area contributed by atoms with Crippen LogP contribution in [0.4, 0.5) is 16.4 Å². The van der Waals surface area contributed by atoms with Gasteiger partial charge in [0, 0.05) is 25.4 Å². The number of carbonyl (C=O) groups excluding carboxylic acids is 2. The van der Waals surface area contributed by atoms with E-state index >= 15 is 0 Å². The molecule has 9 nitrogen and oxygen atoms in total. The quantitative estimate of drug-likeness (QED) is 0.487. The third-order valence-electron chi connectivity index (χ3n) is 5.77. The number of aromatic nitrogens is 2. The van der Waals surface area contributed by atoms with Crippen molar-refractivity contribution in [2.75, 3.05) is 30.3 Å². The Bertz CT molecular complexity index is 886. The van der Waals surface area contributed by atoms with Gasteiger partial charge in [-0.15, -0.1) is 0 Å². The second-order valence-corrected chi connectivity index (χ2v) is 9.60. The Balaban J connectivity index is 1.77. The summed E-state index contributed by atoms with van der Waals surface area (Å²) in [4.78, 5) is 33.8. The van der Waals surface area contributed by atoms with E-state index in [4.69, 9.17) is 27.4 Å². The molecule has 0 radical (unpaired) electrons. The van der Waals surface area contributed by atoms with Gasteiger partial charge in [0.05, 0.1) is 18.8 Å². The van der Waals surface area contributed by atoms with Gasteiger partial charge in [0.1, 0.15) is 15.9 Å². The standard InChI is InChI=1S/C20H31N5O4S/c1-11(26)13-16(24-15(21)17(30)22-13)25-8-6-20(7-9-25)10-28-12(2)14(20)23-18(27)29-19(3,4)5/h12,14H,6-10H2,1-5H3,(H2,21,24)(H,22,30)(H,23,27)/t12-,14+/m0/s1. The number of rotatable bonds is 3. The Labute approximate surface area is 181 Å². The van der Waals surface area contributed by atoms with Crippen molar-refractivity contribution in [1.29, 1.82) is 0 Å². The number of anilines is 2. The number of ketones is 1. The number of amides is 1. The van der Waals surface area contributed by atoms with Gasteiger partial charge in [0.25, 0.3) is 0 Å². The normalized spacial score (nSPS) is 23.4. The number of nitrogen functional groups attached to an aromatic ring is 1. The van der Waals surface area contributed by atoms with Gasteiger partial charge in [0.2, 0.25) is 0 Å². The minimum Gasteiger partial charge on any atom is -0.444 e.